The van der Waals surface area contributed by atoms with E-state index in [9.17, 15) is 8.78 Å². The molecule has 1 aromatic heterocycles. The number of hydrogen-bond acceptors (Lipinski definition) is 3. The molecule has 0 aliphatic rings. The number of rotatable bonds is 3. The predicted octanol–water partition coefficient (Wildman–Crippen LogP) is 2.09. The number of nitrogens with zero attached hydrogens (tertiary/aromatic N) is 2. The van der Waals surface area contributed by atoms with Crippen LogP contribution in [0.4, 0.5) is 8.78 Å². The molecule has 14 heavy (non-hydrogen) atoms. The van der Waals surface area contributed by atoms with Crippen LogP contribution in [0.15, 0.2) is 12.3 Å². The molecule has 1 aromatic rings. The Morgan fingerprint density at radius 1 is 1.64 bits per heavy atom. The lowest BCUT2D eigenvalue weighted by molar-refractivity contribution is 0.146. The van der Waals surface area contributed by atoms with Crippen LogP contribution in [0.3, 0.4) is 0 Å². The summed E-state index contributed by atoms with van der Waals surface area (Å²) in [5.41, 5.74) is 0.169. The molecular formula is C9H8F2N2O. The van der Waals surface area contributed by atoms with E-state index in [0.717, 1.165) is 6.20 Å². The Balaban J connectivity index is 3.06. The molecule has 1 rings (SSSR count). The lowest BCUT2D eigenvalue weighted by Crippen LogP contribution is -1.97. The highest BCUT2D eigenvalue weighted by molar-refractivity contribution is 5.34. The van der Waals surface area contributed by atoms with E-state index in [1.165, 1.54) is 13.2 Å². The molecule has 0 aliphatic carbocycles. The minimum atomic E-state index is -2.62. The molecule has 0 atom stereocenters. The van der Waals surface area contributed by atoms with Crippen LogP contribution in [0.25, 0.3) is 0 Å². The van der Waals surface area contributed by atoms with Crippen LogP contribution in [0.2, 0.25) is 0 Å². The monoisotopic (exact) mass is 198 g/mol. The maximum absolute atomic E-state index is 12.3. The van der Waals surface area contributed by atoms with E-state index in [1.54, 1.807) is 0 Å². The highest BCUT2D eigenvalue weighted by Crippen LogP contribution is 2.28. The summed E-state index contributed by atoms with van der Waals surface area (Å²) in [7, 11) is 1.30. The zero-order valence-corrected chi connectivity index (χ0v) is 7.50. The number of methoxy groups -OCH3 is 1. The number of alkyl halides is 2. The molecule has 1 heterocycles. The quantitative estimate of drug-likeness (QED) is 0.747. The normalized spacial score (nSPS) is 9.93. The van der Waals surface area contributed by atoms with Crippen molar-refractivity contribution in [1.82, 2.24) is 4.98 Å². The van der Waals surface area contributed by atoms with Gasteiger partial charge in [-0.05, 0) is 0 Å². The SMILES string of the molecule is COc1cc(CC#N)ncc1C(F)F. The van der Waals surface area contributed by atoms with Gasteiger partial charge in [0.1, 0.15) is 5.75 Å². The first-order valence-corrected chi connectivity index (χ1v) is 3.87. The molecule has 0 saturated carbocycles. The molecule has 0 aromatic carbocycles. The molecule has 5 heteroatoms. The third-order valence-corrected chi connectivity index (χ3v) is 1.67. The van der Waals surface area contributed by atoms with Crippen LogP contribution >= 0.6 is 0 Å². The molecule has 0 saturated heterocycles. The van der Waals surface area contributed by atoms with Gasteiger partial charge in [0, 0.05) is 12.3 Å². The zero-order chi connectivity index (χ0) is 10.6. The molecule has 0 fully saturated rings. The minimum absolute atomic E-state index is 0.0697. The van der Waals surface area contributed by atoms with Gasteiger partial charge in [-0.1, -0.05) is 0 Å². The summed E-state index contributed by atoms with van der Waals surface area (Å²) in [6, 6.07) is 3.23. The topological polar surface area (TPSA) is 45.9 Å². The van der Waals surface area contributed by atoms with Crippen molar-refractivity contribution in [2.24, 2.45) is 0 Å². The first-order valence-electron chi connectivity index (χ1n) is 3.87. The third kappa shape index (κ3) is 2.16. The molecule has 0 unspecified atom stereocenters. The van der Waals surface area contributed by atoms with Gasteiger partial charge in [-0.2, -0.15) is 5.26 Å². The summed E-state index contributed by atoms with van der Waals surface area (Å²) in [5, 5.41) is 8.38. The van der Waals surface area contributed by atoms with Gasteiger partial charge in [-0.25, -0.2) is 8.78 Å². The van der Waals surface area contributed by atoms with Gasteiger partial charge in [0.25, 0.3) is 6.43 Å². The van der Waals surface area contributed by atoms with Gasteiger partial charge < -0.3 is 4.74 Å². The molecule has 0 N–H and O–H groups in total. The molecule has 74 valence electrons. The lowest BCUT2D eigenvalue weighted by Gasteiger charge is -2.07. The largest absolute Gasteiger partial charge is 0.496 e. The van der Waals surface area contributed by atoms with Crippen molar-refractivity contribution in [2.45, 2.75) is 12.8 Å². The number of pyridine rings is 1. The van der Waals surface area contributed by atoms with E-state index in [-0.39, 0.29) is 17.7 Å². The van der Waals surface area contributed by atoms with Crippen molar-refractivity contribution in [3.63, 3.8) is 0 Å². The van der Waals surface area contributed by atoms with E-state index in [2.05, 4.69) is 4.98 Å². The standard InChI is InChI=1S/C9H8F2N2O/c1-14-8-4-6(2-3-12)13-5-7(8)9(10)11/h4-5,9H,2H2,1H3. The summed E-state index contributed by atoms with van der Waals surface area (Å²) in [4.78, 5) is 3.72. The minimum Gasteiger partial charge on any atom is -0.496 e. The summed E-state index contributed by atoms with van der Waals surface area (Å²) in [5.74, 6) is 0.0697. The Kier molecular flexibility index (Phi) is 3.35. The zero-order valence-electron chi connectivity index (χ0n) is 7.50. The average molecular weight is 198 g/mol. The summed E-state index contributed by atoms with van der Waals surface area (Å²) >= 11 is 0. The van der Waals surface area contributed by atoms with Crippen molar-refractivity contribution in [3.05, 3.63) is 23.5 Å². The Morgan fingerprint density at radius 3 is 2.86 bits per heavy atom. The van der Waals surface area contributed by atoms with E-state index in [0.29, 0.717) is 5.69 Å². The molecule has 3 nitrogen and oxygen atoms in total. The summed E-state index contributed by atoms with van der Waals surface area (Å²) < 4.78 is 29.5. The second-order valence-corrected chi connectivity index (χ2v) is 2.55. The van der Waals surface area contributed by atoms with Crippen molar-refractivity contribution in [2.75, 3.05) is 7.11 Å². The summed E-state index contributed by atoms with van der Waals surface area (Å²) in [6.45, 7) is 0. The van der Waals surface area contributed by atoms with Crippen molar-refractivity contribution in [1.29, 1.82) is 5.26 Å². The average Bonchev–Trinajstić information content (AvgIpc) is 2.17. The maximum Gasteiger partial charge on any atom is 0.268 e. The van der Waals surface area contributed by atoms with Gasteiger partial charge in [-0.3, -0.25) is 4.98 Å². The Hall–Kier alpha value is -1.70. The van der Waals surface area contributed by atoms with E-state index in [1.807, 2.05) is 6.07 Å². The second-order valence-electron chi connectivity index (χ2n) is 2.55. The van der Waals surface area contributed by atoms with E-state index < -0.39 is 6.43 Å². The van der Waals surface area contributed by atoms with Crippen molar-refractivity contribution >= 4 is 0 Å². The number of ether oxygens (including phenoxy) is 1. The van der Waals surface area contributed by atoms with Crippen LogP contribution in [-0.2, 0) is 6.42 Å². The Morgan fingerprint density at radius 2 is 2.36 bits per heavy atom. The first-order chi connectivity index (χ1) is 6.69. The van der Waals surface area contributed by atoms with Gasteiger partial charge in [-0.15, -0.1) is 0 Å². The highest BCUT2D eigenvalue weighted by atomic mass is 19.3. The van der Waals surface area contributed by atoms with Gasteiger partial charge in [0.05, 0.1) is 30.9 Å². The van der Waals surface area contributed by atoms with Crippen LogP contribution in [0.1, 0.15) is 17.7 Å². The fraction of sp³-hybridized carbons (Fsp3) is 0.333. The maximum atomic E-state index is 12.3. The summed E-state index contributed by atoms with van der Waals surface area (Å²) in [6.07, 6.45) is -1.50. The molecule has 0 bridgehead atoms. The lowest BCUT2D eigenvalue weighted by atomic mass is 10.2. The van der Waals surface area contributed by atoms with Gasteiger partial charge >= 0.3 is 0 Å². The number of halogens is 2. The number of aromatic nitrogens is 1. The highest BCUT2D eigenvalue weighted by Gasteiger charge is 2.14. The molecule has 0 spiro atoms. The van der Waals surface area contributed by atoms with Crippen molar-refractivity contribution < 1.29 is 13.5 Å². The molecule has 0 amide bonds. The fourth-order valence-electron chi connectivity index (χ4n) is 1.01. The molecule has 0 radical (unpaired) electrons. The molecule has 0 aliphatic heterocycles. The second kappa shape index (κ2) is 4.51. The number of hydrogen-bond donors (Lipinski definition) is 0. The smallest absolute Gasteiger partial charge is 0.268 e. The predicted molar refractivity (Wildman–Crippen MR) is 45.1 cm³/mol. The van der Waals surface area contributed by atoms with Crippen molar-refractivity contribution in [3.8, 4) is 11.8 Å². The molecular weight excluding hydrogens is 190 g/mol. The Bertz CT molecular complexity index is 360. The van der Waals surface area contributed by atoms with E-state index >= 15 is 0 Å². The first kappa shape index (κ1) is 10.4. The fourth-order valence-corrected chi connectivity index (χ4v) is 1.01. The van der Waals surface area contributed by atoms with Crippen LogP contribution in [0.5, 0.6) is 5.75 Å². The van der Waals surface area contributed by atoms with Crippen LogP contribution in [0, 0.1) is 11.3 Å². The Labute approximate surface area is 79.9 Å². The number of nitriles is 1. The third-order valence-electron chi connectivity index (χ3n) is 1.67. The van der Waals surface area contributed by atoms with E-state index in [4.69, 9.17) is 10.00 Å². The van der Waals surface area contributed by atoms with Gasteiger partial charge in [0.15, 0.2) is 0 Å². The van der Waals surface area contributed by atoms with Crippen LogP contribution < -0.4 is 4.74 Å². The van der Waals surface area contributed by atoms with Crippen LogP contribution in [-0.4, -0.2) is 12.1 Å². The van der Waals surface area contributed by atoms with Gasteiger partial charge in [0.2, 0.25) is 0 Å².